The number of hydrogen-bond donors (Lipinski definition) is 2. The Morgan fingerprint density at radius 3 is 0.825 bits per heavy atom. The first kappa shape index (κ1) is 26.4. The standard InChI is InChI=1S/C32H28N6O2/c1-33-39-31-19-15-29(16-20-31)37-35-27-11-7-25(8-12-27)23-3-5-24(6-4-23)26-9-13-28(14-10-26)36-38-30-17-21-32(22-18-30)40-34-2/h3-22,33-34H,1-2H3. The third-order valence-electron chi connectivity index (χ3n) is 5.96. The number of rotatable bonds is 10. The van der Waals surface area contributed by atoms with Crippen LogP contribution in [0.15, 0.2) is 142 Å². The van der Waals surface area contributed by atoms with Crippen LogP contribution < -0.4 is 20.6 Å². The van der Waals surface area contributed by atoms with Crippen molar-refractivity contribution in [3.63, 3.8) is 0 Å². The fourth-order valence-corrected chi connectivity index (χ4v) is 3.92. The highest BCUT2D eigenvalue weighted by atomic mass is 16.6. The average Bonchev–Trinajstić information content (AvgIpc) is 3.01. The van der Waals surface area contributed by atoms with Crippen molar-refractivity contribution in [1.82, 2.24) is 11.0 Å². The molecule has 198 valence electrons. The lowest BCUT2D eigenvalue weighted by atomic mass is 10.00. The second kappa shape index (κ2) is 13.1. The van der Waals surface area contributed by atoms with Gasteiger partial charge in [0.2, 0.25) is 0 Å². The number of hydrogen-bond acceptors (Lipinski definition) is 8. The van der Waals surface area contributed by atoms with Gasteiger partial charge < -0.3 is 9.68 Å². The van der Waals surface area contributed by atoms with Crippen LogP contribution in [0.1, 0.15) is 0 Å². The zero-order valence-electron chi connectivity index (χ0n) is 22.2. The molecule has 8 nitrogen and oxygen atoms in total. The molecule has 0 aromatic heterocycles. The number of hydroxylamine groups is 2. The van der Waals surface area contributed by atoms with Crippen LogP contribution in [0.4, 0.5) is 22.7 Å². The largest absolute Gasteiger partial charge is 0.409 e. The molecule has 0 bridgehead atoms. The van der Waals surface area contributed by atoms with E-state index in [0.29, 0.717) is 0 Å². The highest BCUT2D eigenvalue weighted by Gasteiger charge is 2.02. The van der Waals surface area contributed by atoms with Crippen molar-refractivity contribution in [3.8, 4) is 33.8 Å². The van der Waals surface area contributed by atoms with Gasteiger partial charge in [-0.2, -0.15) is 31.4 Å². The molecule has 0 radical (unpaired) electrons. The summed E-state index contributed by atoms with van der Waals surface area (Å²) < 4.78 is 0. The Morgan fingerprint density at radius 2 is 0.575 bits per heavy atom. The molecule has 0 spiro atoms. The maximum absolute atomic E-state index is 5.21. The Bertz CT molecular complexity index is 1440. The second-order valence-electron chi connectivity index (χ2n) is 8.67. The van der Waals surface area contributed by atoms with Crippen LogP contribution in [-0.2, 0) is 0 Å². The van der Waals surface area contributed by atoms with Crippen molar-refractivity contribution in [2.45, 2.75) is 0 Å². The van der Waals surface area contributed by atoms with E-state index in [2.05, 4.69) is 55.7 Å². The number of nitrogens with zero attached hydrogens (tertiary/aromatic N) is 4. The molecule has 0 aliphatic carbocycles. The van der Waals surface area contributed by atoms with E-state index in [1.165, 1.54) is 0 Å². The van der Waals surface area contributed by atoms with Gasteiger partial charge in [0.1, 0.15) is 11.5 Å². The van der Waals surface area contributed by atoms with E-state index in [4.69, 9.17) is 9.68 Å². The van der Waals surface area contributed by atoms with Gasteiger partial charge >= 0.3 is 0 Å². The highest BCUT2D eigenvalue weighted by molar-refractivity contribution is 5.71. The number of azo groups is 2. The molecule has 5 aromatic rings. The Balaban J connectivity index is 1.19. The molecule has 0 aliphatic heterocycles. The second-order valence-corrected chi connectivity index (χ2v) is 8.67. The van der Waals surface area contributed by atoms with Crippen LogP contribution in [-0.4, -0.2) is 14.1 Å². The van der Waals surface area contributed by atoms with Crippen molar-refractivity contribution in [2.24, 2.45) is 20.5 Å². The molecule has 0 amide bonds. The third-order valence-corrected chi connectivity index (χ3v) is 5.96. The molecule has 40 heavy (non-hydrogen) atoms. The first-order chi connectivity index (χ1) is 19.7. The molecule has 5 aromatic carbocycles. The van der Waals surface area contributed by atoms with Crippen molar-refractivity contribution in [3.05, 3.63) is 121 Å². The molecule has 0 fully saturated rings. The molecule has 0 unspecified atom stereocenters. The van der Waals surface area contributed by atoms with Gasteiger partial charge in [-0.3, -0.25) is 0 Å². The maximum atomic E-state index is 5.21. The van der Waals surface area contributed by atoms with Crippen molar-refractivity contribution in [1.29, 1.82) is 0 Å². The molecule has 0 saturated carbocycles. The minimum absolute atomic E-state index is 0.717. The Hall–Kier alpha value is -5.18. The van der Waals surface area contributed by atoms with E-state index in [1.54, 1.807) is 14.1 Å². The summed E-state index contributed by atoms with van der Waals surface area (Å²) in [7, 11) is 3.43. The van der Waals surface area contributed by atoms with Crippen LogP contribution in [0.3, 0.4) is 0 Å². The van der Waals surface area contributed by atoms with Gasteiger partial charge in [0.25, 0.3) is 0 Å². The normalized spacial score (nSPS) is 11.2. The molecule has 0 heterocycles. The van der Waals surface area contributed by atoms with Crippen LogP contribution in [0.5, 0.6) is 11.5 Å². The first-order valence-corrected chi connectivity index (χ1v) is 12.7. The summed E-state index contributed by atoms with van der Waals surface area (Å²) >= 11 is 0. The third kappa shape index (κ3) is 7.02. The predicted octanol–water partition coefficient (Wildman–Crippen LogP) is 8.88. The van der Waals surface area contributed by atoms with Crippen LogP contribution in [0, 0.1) is 0 Å². The molecular formula is C32H28N6O2. The fraction of sp³-hybridized carbons (Fsp3) is 0.0625. The quantitative estimate of drug-likeness (QED) is 0.140. The van der Waals surface area contributed by atoms with E-state index in [1.807, 2.05) is 97.1 Å². The lowest BCUT2D eigenvalue weighted by Crippen LogP contribution is -2.10. The predicted molar refractivity (Wildman–Crippen MR) is 158 cm³/mol. The molecule has 5 rings (SSSR count). The van der Waals surface area contributed by atoms with Gasteiger partial charge in [-0.25, -0.2) is 0 Å². The van der Waals surface area contributed by atoms with Crippen molar-refractivity contribution < 1.29 is 9.68 Å². The van der Waals surface area contributed by atoms with Crippen molar-refractivity contribution in [2.75, 3.05) is 14.1 Å². The molecule has 0 saturated heterocycles. The minimum atomic E-state index is 0.717. The van der Waals surface area contributed by atoms with Gasteiger partial charge in [0, 0.05) is 14.1 Å². The molecule has 8 heteroatoms. The minimum Gasteiger partial charge on any atom is -0.409 e. The highest BCUT2D eigenvalue weighted by Crippen LogP contribution is 2.29. The number of benzene rings is 5. The summed E-state index contributed by atoms with van der Waals surface area (Å²) in [6, 6.07) is 39.3. The summed E-state index contributed by atoms with van der Waals surface area (Å²) in [6.45, 7) is 0. The molecule has 0 atom stereocenters. The maximum Gasteiger partial charge on any atom is 0.147 e. The van der Waals surface area contributed by atoms with E-state index in [-0.39, 0.29) is 0 Å². The SMILES string of the molecule is CNOc1ccc(N=Nc2ccc(-c3ccc(-c4ccc(N=Nc5ccc(ONC)cc5)cc4)cc3)cc2)cc1. The fourth-order valence-electron chi connectivity index (χ4n) is 3.92. The van der Waals surface area contributed by atoms with E-state index >= 15 is 0 Å². The molecule has 2 N–H and O–H groups in total. The Labute approximate surface area is 233 Å². The van der Waals surface area contributed by atoms with Gasteiger partial charge in [-0.15, -0.1) is 0 Å². The summed E-state index contributed by atoms with van der Waals surface area (Å²) in [6.07, 6.45) is 0. The zero-order valence-corrected chi connectivity index (χ0v) is 22.2. The van der Waals surface area contributed by atoms with E-state index in [0.717, 1.165) is 56.5 Å². The van der Waals surface area contributed by atoms with Gasteiger partial charge in [-0.05, 0) is 95.1 Å². The van der Waals surface area contributed by atoms with E-state index in [9.17, 15) is 0 Å². The van der Waals surface area contributed by atoms with Crippen molar-refractivity contribution >= 4 is 22.7 Å². The monoisotopic (exact) mass is 528 g/mol. The lowest BCUT2D eigenvalue weighted by molar-refractivity contribution is 0.224. The molecular weight excluding hydrogens is 500 g/mol. The average molecular weight is 529 g/mol. The van der Waals surface area contributed by atoms with Gasteiger partial charge in [0.05, 0.1) is 22.7 Å². The first-order valence-electron chi connectivity index (χ1n) is 12.7. The summed E-state index contributed by atoms with van der Waals surface area (Å²) in [5.41, 5.74) is 12.8. The van der Waals surface area contributed by atoms with Crippen LogP contribution in [0.2, 0.25) is 0 Å². The lowest BCUT2D eigenvalue weighted by Gasteiger charge is -2.06. The zero-order chi connectivity index (χ0) is 27.6. The van der Waals surface area contributed by atoms with Crippen LogP contribution >= 0.6 is 0 Å². The Kier molecular flexibility index (Phi) is 8.63. The van der Waals surface area contributed by atoms with Gasteiger partial charge in [0.15, 0.2) is 0 Å². The summed E-state index contributed by atoms with van der Waals surface area (Å²) in [4.78, 5) is 10.4. The molecule has 0 aliphatic rings. The van der Waals surface area contributed by atoms with E-state index < -0.39 is 0 Å². The van der Waals surface area contributed by atoms with Crippen LogP contribution in [0.25, 0.3) is 22.3 Å². The topological polar surface area (TPSA) is 92.0 Å². The smallest absolute Gasteiger partial charge is 0.147 e. The van der Waals surface area contributed by atoms with Gasteiger partial charge in [-0.1, -0.05) is 48.5 Å². The number of nitrogens with one attached hydrogen (secondary N) is 2. The summed E-state index contributed by atoms with van der Waals surface area (Å²) in [5, 5.41) is 17.3. The summed E-state index contributed by atoms with van der Waals surface area (Å²) in [5.74, 6) is 1.43. The Morgan fingerprint density at radius 1 is 0.350 bits per heavy atom.